The molecule has 34 heavy (non-hydrogen) atoms. The third-order valence-electron chi connectivity index (χ3n) is 8.12. The van der Waals surface area contributed by atoms with E-state index in [1.807, 2.05) is 0 Å². The molecule has 3 unspecified atom stereocenters. The second-order valence-corrected chi connectivity index (χ2v) is 9.70. The van der Waals surface area contributed by atoms with Gasteiger partial charge in [0.15, 0.2) is 12.4 Å². The molecule has 1 saturated heterocycles. The van der Waals surface area contributed by atoms with Crippen molar-refractivity contribution in [1.29, 1.82) is 0 Å². The lowest BCUT2D eigenvalue weighted by atomic mass is 9.57. The van der Waals surface area contributed by atoms with Gasteiger partial charge in [-0.1, -0.05) is 0 Å². The number of Topliss-reactive ketones (excluding diaryl/α,β-unsaturated/α-hetero) is 1. The van der Waals surface area contributed by atoms with Gasteiger partial charge in [-0.15, -0.1) is 0 Å². The summed E-state index contributed by atoms with van der Waals surface area (Å²) in [5.41, 5.74) is 0.931. The number of rotatable bonds is 6. The molecule has 2 amide bonds. The molecule has 176 valence electrons. The molecule has 4 saturated carbocycles. The smallest absolute Gasteiger partial charge is 0.238 e. The second kappa shape index (κ2) is 7.65. The summed E-state index contributed by atoms with van der Waals surface area (Å²) in [6.07, 6.45) is -1.03. The molecule has 2 aromatic rings. The van der Waals surface area contributed by atoms with Gasteiger partial charge in [0.2, 0.25) is 11.8 Å². The molecule has 8 nitrogen and oxygen atoms in total. The molecule has 7 rings (SSSR count). The fraction of sp³-hybridized carbons (Fsp3) is 0.423. The van der Waals surface area contributed by atoms with E-state index in [1.165, 1.54) is 4.90 Å². The Balaban J connectivity index is 1.16. The molecule has 2 bridgehead atoms. The van der Waals surface area contributed by atoms with Crippen LogP contribution in [0.1, 0.15) is 16.8 Å². The van der Waals surface area contributed by atoms with Crippen LogP contribution in [0.2, 0.25) is 0 Å². The van der Waals surface area contributed by atoms with E-state index in [2.05, 4.69) is 0 Å². The monoisotopic (exact) mass is 463 g/mol. The zero-order chi connectivity index (χ0) is 23.7. The Morgan fingerprint density at radius 3 is 1.94 bits per heavy atom. The average molecular weight is 463 g/mol. The number of benzene rings is 2. The van der Waals surface area contributed by atoms with Gasteiger partial charge < -0.3 is 19.7 Å². The lowest BCUT2D eigenvalue weighted by molar-refractivity contribution is -0.170. The number of ketones is 1. The van der Waals surface area contributed by atoms with Crippen LogP contribution < -0.4 is 14.4 Å². The Labute approximate surface area is 196 Å². The lowest BCUT2D eigenvalue weighted by Gasteiger charge is -2.48. The number of carbonyl (C=O) groups excluding carboxylic acids is 3. The number of aliphatic hydroxyl groups is 2. The number of carbonyl (C=O) groups is 3. The Bertz CT molecular complexity index is 1120. The topological polar surface area (TPSA) is 113 Å². The van der Waals surface area contributed by atoms with Crippen LogP contribution in [0.3, 0.4) is 0 Å². The van der Waals surface area contributed by atoms with E-state index in [-0.39, 0.29) is 47.9 Å². The highest BCUT2D eigenvalue weighted by molar-refractivity contribution is 6.22. The van der Waals surface area contributed by atoms with Crippen molar-refractivity contribution in [2.45, 2.75) is 18.6 Å². The number of fused-ring (bicyclic) bond motifs is 1. The highest BCUT2D eigenvalue weighted by atomic mass is 16.5. The van der Waals surface area contributed by atoms with Gasteiger partial charge in [-0.05, 0) is 66.8 Å². The van der Waals surface area contributed by atoms with Crippen molar-refractivity contribution < 1.29 is 34.1 Å². The van der Waals surface area contributed by atoms with Crippen LogP contribution in [-0.2, 0) is 9.59 Å². The number of nitrogens with zero attached hydrogens (tertiary/aromatic N) is 1. The van der Waals surface area contributed by atoms with Crippen LogP contribution in [-0.4, -0.2) is 53.7 Å². The van der Waals surface area contributed by atoms with Gasteiger partial charge in [0.1, 0.15) is 11.5 Å². The molecule has 0 spiro atoms. The molecule has 1 aliphatic heterocycles. The Kier molecular flexibility index (Phi) is 4.79. The summed E-state index contributed by atoms with van der Waals surface area (Å²) in [6, 6.07) is 13.2. The summed E-state index contributed by atoms with van der Waals surface area (Å²) in [6.45, 7) is -0.153. The minimum atomic E-state index is -0.953. The van der Waals surface area contributed by atoms with Crippen molar-refractivity contribution in [3.8, 4) is 11.5 Å². The summed E-state index contributed by atoms with van der Waals surface area (Å²) in [7, 11) is 1.56. The van der Waals surface area contributed by atoms with E-state index >= 15 is 0 Å². The molecule has 2 N–H and O–H groups in total. The number of anilines is 1. The molecule has 1 heterocycles. The van der Waals surface area contributed by atoms with Crippen molar-refractivity contribution in [1.82, 2.24) is 0 Å². The SMILES string of the molecule is COc1ccc(C(=O)COc2ccc(N3C(=O)C4[C@@H]5C6CC6[C@@H]([C@H](O)[C@H]5O)[C@H]4C3=O)cc2)cc1. The van der Waals surface area contributed by atoms with E-state index in [0.29, 0.717) is 22.7 Å². The van der Waals surface area contributed by atoms with E-state index < -0.39 is 24.0 Å². The fourth-order valence-electron chi connectivity index (χ4n) is 6.52. The molecule has 5 fully saturated rings. The molecule has 0 radical (unpaired) electrons. The first-order valence-electron chi connectivity index (χ1n) is 11.5. The van der Waals surface area contributed by atoms with E-state index in [4.69, 9.17) is 9.47 Å². The van der Waals surface area contributed by atoms with Gasteiger partial charge in [-0.2, -0.15) is 0 Å². The largest absolute Gasteiger partial charge is 0.497 e. The maximum atomic E-state index is 13.3. The van der Waals surface area contributed by atoms with Crippen molar-refractivity contribution >= 4 is 23.3 Å². The van der Waals surface area contributed by atoms with Crippen LogP contribution in [0.15, 0.2) is 48.5 Å². The lowest BCUT2D eigenvalue weighted by Crippen LogP contribution is -2.59. The van der Waals surface area contributed by atoms with Gasteiger partial charge in [-0.3, -0.25) is 19.3 Å². The van der Waals surface area contributed by atoms with E-state index in [0.717, 1.165) is 6.42 Å². The minimum Gasteiger partial charge on any atom is -0.497 e. The quantitative estimate of drug-likeness (QED) is 0.495. The van der Waals surface area contributed by atoms with Crippen LogP contribution in [0.4, 0.5) is 5.69 Å². The van der Waals surface area contributed by atoms with Crippen molar-refractivity contribution in [2.75, 3.05) is 18.6 Å². The molecule has 4 aliphatic carbocycles. The van der Waals surface area contributed by atoms with Crippen molar-refractivity contribution in [3.63, 3.8) is 0 Å². The third kappa shape index (κ3) is 3.02. The van der Waals surface area contributed by atoms with Crippen LogP contribution in [0.5, 0.6) is 11.5 Å². The van der Waals surface area contributed by atoms with Gasteiger partial charge in [-0.25, -0.2) is 0 Å². The maximum absolute atomic E-state index is 13.3. The number of hydrogen-bond acceptors (Lipinski definition) is 7. The van der Waals surface area contributed by atoms with Crippen molar-refractivity contribution in [3.05, 3.63) is 54.1 Å². The van der Waals surface area contributed by atoms with Gasteiger partial charge in [0.05, 0.1) is 36.8 Å². The summed E-state index contributed by atoms with van der Waals surface area (Å²) in [5, 5.41) is 21.1. The van der Waals surface area contributed by atoms with E-state index in [9.17, 15) is 24.6 Å². The molecule has 2 aromatic carbocycles. The summed E-state index contributed by atoms with van der Waals surface area (Å²) in [5.74, 6) is -1.11. The maximum Gasteiger partial charge on any atom is 0.238 e. The van der Waals surface area contributed by atoms with Crippen LogP contribution in [0.25, 0.3) is 0 Å². The molecule has 0 aromatic heterocycles. The minimum absolute atomic E-state index is 0.153. The highest BCUT2D eigenvalue weighted by Gasteiger charge is 2.73. The van der Waals surface area contributed by atoms with Crippen LogP contribution in [0, 0.1) is 35.5 Å². The van der Waals surface area contributed by atoms with Gasteiger partial charge >= 0.3 is 0 Å². The first-order chi connectivity index (χ1) is 16.4. The number of amides is 2. The molecular formula is C26H25NO7. The standard InChI is InChI=1S/C26H25NO7/c1-33-14-6-2-12(3-7-14)18(28)11-34-15-8-4-13(5-9-15)27-25(31)21-19-16-10-17(16)20(22(21)26(27)32)24(30)23(19)29/h2-9,16-17,19-24,29-30H,10-11H2,1H3/t16?,17?,19-,20+,21-,22?,23+,24+/m1/s1. The Morgan fingerprint density at radius 1 is 0.882 bits per heavy atom. The highest BCUT2D eigenvalue weighted by Crippen LogP contribution is 2.68. The number of methoxy groups -OCH3 is 1. The third-order valence-corrected chi connectivity index (χ3v) is 8.12. The number of aliphatic hydroxyl groups excluding tert-OH is 2. The van der Waals surface area contributed by atoms with E-state index in [1.54, 1.807) is 55.6 Å². The zero-order valence-corrected chi connectivity index (χ0v) is 18.5. The van der Waals surface area contributed by atoms with Gasteiger partial charge in [0, 0.05) is 17.4 Å². The normalized spacial score (nSPS) is 35.1. The van der Waals surface area contributed by atoms with Crippen molar-refractivity contribution in [2.24, 2.45) is 35.5 Å². The van der Waals surface area contributed by atoms with Crippen LogP contribution >= 0.6 is 0 Å². The number of hydrogen-bond donors (Lipinski definition) is 2. The Hall–Kier alpha value is -3.23. The first-order valence-corrected chi connectivity index (χ1v) is 11.5. The summed E-state index contributed by atoms with van der Waals surface area (Å²) < 4.78 is 10.7. The predicted molar refractivity (Wildman–Crippen MR) is 119 cm³/mol. The molecule has 8 heteroatoms. The molecule has 8 atom stereocenters. The average Bonchev–Trinajstić information content (AvgIpc) is 3.61. The predicted octanol–water partition coefficient (Wildman–Crippen LogP) is 1.68. The second-order valence-electron chi connectivity index (χ2n) is 9.70. The van der Waals surface area contributed by atoms with Gasteiger partial charge in [0.25, 0.3) is 0 Å². The number of ether oxygens (including phenoxy) is 2. The zero-order valence-electron chi connectivity index (χ0n) is 18.5. The first kappa shape index (κ1) is 21.3. The molecular weight excluding hydrogens is 438 g/mol. The fourth-order valence-corrected chi connectivity index (χ4v) is 6.52. The summed E-state index contributed by atoms with van der Waals surface area (Å²) >= 11 is 0. The molecule has 5 aliphatic rings. The number of imide groups is 1. The Morgan fingerprint density at radius 2 is 1.41 bits per heavy atom. The summed E-state index contributed by atoms with van der Waals surface area (Å²) in [4.78, 5) is 40.1.